The van der Waals surface area contributed by atoms with Crippen LogP contribution in [0.4, 0.5) is 11.4 Å². The summed E-state index contributed by atoms with van der Waals surface area (Å²) in [5, 5.41) is 3.73. The Morgan fingerprint density at radius 3 is 2.35 bits per heavy atom. The van der Waals surface area contributed by atoms with Crippen LogP contribution in [0.25, 0.3) is 22.6 Å². The van der Waals surface area contributed by atoms with Crippen molar-refractivity contribution in [2.75, 3.05) is 4.90 Å². The molecule has 4 aromatic heterocycles. The van der Waals surface area contributed by atoms with Gasteiger partial charge in [-0.05, 0) is 90.2 Å². The van der Waals surface area contributed by atoms with Gasteiger partial charge >= 0.3 is 0 Å². The Kier molecular flexibility index (Phi) is 6.97. The number of nitrogens with zero attached hydrogens (tertiary/aromatic N) is 5. The van der Waals surface area contributed by atoms with Crippen LogP contribution >= 0.6 is 0 Å². The van der Waals surface area contributed by atoms with Gasteiger partial charge in [0.25, 0.3) is 0 Å². The van der Waals surface area contributed by atoms with Crippen molar-refractivity contribution in [3.63, 3.8) is 0 Å². The van der Waals surface area contributed by atoms with Crippen LogP contribution in [0.2, 0.25) is 0 Å². The molecule has 0 amide bonds. The lowest BCUT2D eigenvalue weighted by Crippen LogP contribution is -2.32. The zero-order chi connectivity index (χ0) is 31.9. The van der Waals surface area contributed by atoms with Gasteiger partial charge in [0.1, 0.15) is 11.3 Å². The number of allylic oxidation sites excluding steroid dienone is 8. The van der Waals surface area contributed by atoms with Crippen LogP contribution < -0.4 is 10.2 Å². The van der Waals surface area contributed by atoms with Crippen LogP contribution in [0.1, 0.15) is 24.1 Å². The highest BCUT2D eigenvalue weighted by Crippen LogP contribution is 2.37. The van der Waals surface area contributed by atoms with Crippen molar-refractivity contribution in [1.29, 1.82) is 0 Å². The van der Waals surface area contributed by atoms with E-state index in [9.17, 15) is 0 Å². The molecule has 1 N–H and O–H groups in total. The lowest BCUT2D eigenvalue weighted by atomic mass is 9.93. The van der Waals surface area contributed by atoms with Gasteiger partial charge in [-0.3, -0.25) is 0 Å². The summed E-state index contributed by atoms with van der Waals surface area (Å²) in [6.45, 7) is 0. The highest BCUT2D eigenvalue weighted by Gasteiger charge is 2.22. The summed E-state index contributed by atoms with van der Waals surface area (Å²) in [5.41, 5.74) is 13.6. The van der Waals surface area contributed by atoms with Gasteiger partial charge in [-0.1, -0.05) is 72.9 Å². The summed E-state index contributed by atoms with van der Waals surface area (Å²) >= 11 is 0. The van der Waals surface area contributed by atoms with Gasteiger partial charge in [0, 0.05) is 59.5 Å². The van der Waals surface area contributed by atoms with Gasteiger partial charge < -0.3 is 19.0 Å². The number of nitrogens with one attached hydrogen (secondary N) is 1. The summed E-state index contributed by atoms with van der Waals surface area (Å²) in [4.78, 5) is 12.1. The molecule has 0 radical (unpaired) electrons. The molecule has 6 nitrogen and oxygen atoms in total. The SMILES string of the molecule is C1=CC2=CC=C(C3=CC=C(N(c4ccc(-c5cn6ccccc6n5)cc4)c4cccc(Cc5cn6ccccc6n5)c4)CC3)NC2C=C1. The van der Waals surface area contributed by atoms with Gasteiger partial charge in [-0.25, -0.2) is 9.97 Å². The maximum absolute atomic E-state index is 4.86. The number of pyridine rings is 2. The second-order valence-corrected chi connectivity index (χ2v) is 12.5. The van der Waals surface area contributed by atoms with Crippen molar-refractivity contribution in [3.8, 4) is 11.3 Å². The molecule has 0 saturated heterocycles. The fourth-order valence-electron chi connectivity index (χ4n) is 6.90. The van der Waals surface area contributed by atoms with E-state index in [1.807, 2.05) is 48.8 Å². The Bertz CT molecular complexity index is 2290. The Labute approximate surface area is 279 Å². The Morgan fingerprint density at radius 2 is 1.56 bits per heavy atom. The van der Waals surface area contributed by atoms with Crippen LogP contribution in [-0.4, -0.2) is 24.8 Å². The number of dihydropyridines is 1. The molecule has 2 aromatic carbocycles. The Morgan fingerprint density at radius 1 is 0.729 bits per heavy atom. The number of benzene rings is 2. The third-order valence-electron chi connectivity index (χ3n) is 9.33. The van der Waals surface area contributed by atoms with Gasteiger partial charge in [0.2, 0.25) is 0 Å². The molecule has 0 fully saturated rings. The van der Waals surface area contributed by atoms with E-state index in [0.29, 0.717) is 0 Å². The highest BCUT2D eigenvalue weighted by atomic mass is 15.1. The van der Waals surface area contributed by atoms with Crippen molar-refractivity contribution in [3.05, 3.63) is 192 Å². The van der Waals surface area contributed by atoms with E-state index in [1.54, 1.807) is 0 Å². The minimum atomic E-state index is 0.236. The average Bonchev–Trinajstić information content (AvgIpc) is 3.76. The second-order valence-electron chi connectivity index (χ2n) is 12.5. The smallest absolute Gasteiger partial charge is 0.137 e. The fraction of sp³-hybridized carbons (Fsp3) is 0.0952. The van der Waals surface area contributed by atoms with E-state index in [4.69, 9.17) is 9.97 Å². The average molecular weight is 623 g/mol. The molecule has 0 spiro atoms. The van der Waals surface area contributed by atoms with Crippen LogP contribution in [-0.2, 0) is 6.42 Å². The summed E-state index contributed by atoms with van der Waals surface area (Å²) in [5.74, 6) is 0. The van der Waals surface area contributed by atoms with Crippen LogP contribution in [0.3, 0.4) is 0 Å². The highest BCUT2D eigenvalue weighted by molar-refractivity contribution is 5.73. The van der Waals surface area contributed by atoms with Gasteiger partial charge in [0.15, 0.2) is 0 Å². The third kappa shape index (κ3) is 5.37. The molecule has 1 atom stereocenters. The van der Waals surface area contributed by atoms with Crippen LogP contribution in [0.15, 0.2) is 181 Å². The first-order valence-corrected chi connectivity index (χ1v) is 16.5. The van der Waals surface area contributed by atoms with E-state index in [-0.39, 0.29) is 6.04 Å². The molecule has 0 bridgehead atoms. The number of hydrogen-bond donors (Lipinski definition) is 1. The first-order chi connectivity index (χ1) is 23.7. The first kappa shape index (κ1) is 28.1. The normalized spacial score (nSPS) is 17.0. The zero-order valence-electron chi connectivity index (χ0n) is 26.4. The minimum Gasteiger partial charge on any atom is -0.374 e. The van der Waals surface area contributed by atoms with E-state index in [1.165, 1.54) is 28.1 Å². The van der Waals surface area contributed by atoms with Crippen molar-refractivity contribution < 1.29 is 0 Å². The lowest BCUT2D eigenvalue weighted by Gasteiger charge is -2.32. The summed E-state index contributed by atoms with van der Waals surface area (Å²) < 4.78 is 4.15. The predicted molar refractivity (Wildman–Crippen MR) is 194 cm³/mol. The number of hydrogen-bond acceptors (Lipinski definition) is 4. The molecule has 1 unspecified atom stereocenters. The van der Waals surface area contributed by atoms with E-state index in [2.05, 4.69) is 129 Å². The lowest BCUT2D eigenvalue weighted by molar-refractivity contribution is 0.734. The van der Waals surface area contributed by atoms with Gasteiger partial charge in [-0.2, -0.15) is 0 Å². The van der Waals surface area contributed by atoms with Crippen molar-refractivity contribution in [2.24, 2.45) is 0 Å². The molecular weight excluding hydrogens is 589 g/mol. The zero-order valence-corrected chi connectivity index (χ0v) is 26.4. The van der Waals surface area contributed by atoms with Crippen molar-refractivity contribution >= 4 is 22.7 Å². The maximum Gasteiger partial charge on any atom is 0.137 e. The molecule has 3 aliphatic rings. The quantitative estimate of drug-likeness (QED) is 0.193. The van der Waals surface area contributed by atoms with Gasteiger partial charge in [0.05, 0.1) is 17.4 Å². The molecule has 9 rings (SSSR count). The first-order valence-electron chi connectivity index (χ1n) is 16.5. The number of imidazole rings is 2. The van der Waals surface area contributed by atoms with Crippen LogP contribution in [0.5, 0.6) is 0 Å². The molecule has 0 saturated carbocycles. The molecular formula is C42H34N6. The summed E-state index contributed by atoms with van der Waals surface area (Å²) in [6.07, 6.45) is 28.6. The summed E-state index contributed by atoms with van der Waals surface area (Å²) in [7, 11) is 0. The number of fused-ring (bicyclic) bond motifs is 3. The number of aromatic nitrogens is 4. The third-order valence-corrected chi connectivity index (χ3v) is 9.33. The molecule has 2 aliphatic carbocycles. The largest absolute Gasteiger partial charge is 0.374 e. The minimum absolute atomic E-state index is 0.236. The van der Waals surface area contributed by atoms with Crippen LogP contribution in [0, 0.1) is 0 Å². The Balaban J connectivity index is 1.06. The molecule has 48 heavy (non-hydrogen) atoms. The standard InChI is InChI=1S/C42H34N6/c1-2-11-38-31(9-1)18-23-39(44-38)32-14-19-35(20-15-32)48(36-21-16-33(17-22-36)40-29-47-25-6-4-13-42(47)45-40)37-10-7-8-30(27-37)26-34-28-46-24-5-3-12-41(46)43-34/h1-14,16-19,21-25,27-29,38,44H,15,20,26H2. The summed E-state index contributed by atoms with van der Waals surface area (Å²) in [6, 6.07) is 30.1. The number of rotatable bonds is 7. The fourth-order valence-corrected chi connectivity index (χ4v) is 6.90. The van der Waals surface area contributed by atoms with Crippen molar-refractivity contribution in [2.45, 2.75) is 25.3 Å². The molecule has 1 aliphatic heterocycles. The Hall–Kier alpha value is -6.14. The van der Waals surface area contributed by atoms with Gasteiger partial charge in [-0.15, -0.1) is 0 Å². The monoisotopic (exact) mass is 622 g/mol. The molecule has 6 heteroatoms. The van der Waals surface area contributed by atoms with E-state index in [0.717, 1.165) is 58.9 Å². The maximum atomic E-state index is 4.86. The number of anilines is 2. The molecule has 232 valence electrons. The van der Waals surface area contributed by atoms with Crippen molar-refractivity contribution in [1.82, 2.24) is 24.1 Å². The topological polar surface area (TPSA) is 49.9 Å². The second kappa shape index (κ2) is 11.9. The van der Waals surface area contributed by atoms with E-state index >= 15 is 0 Å². The molecule has 6 aromatic rings. The predicted octanol–water partition coefficient (Wildman–Crippen LogP) is 8.89. The van der Waals surface area contributed by atoms with E-state index < -0.39 is 0 Å². The molecule has 5 heterocycles.